The van der Waals surface area contributed by atoms with Crippen LogP contribution in [-0.2, 0) is 18.4 Å². The van der Waals surface area contributed by atoms with Crippen molar-refractivity contribution in [2.45, 2.75) is 169 Å². The minimum atomic E-state index is -2.13. The number of amides is 1. The van der Waals surface area contributed by atoms with Gasteiger partial charge in [0.15, 0.2) is 16.6 Å². The number of nitrogens with two attached hydrogens (primary N) is 1. The fraction of sp³-hybridized carbons (Fsp3) is 0.448. The van der Waals surface area contributed by atoms with Gasteiger partial charge in [0, 0.05) is 46.7 Å². The molecule has 79 heavy (non-hydrogen) atoms. The van der Waals surface area contributed by atoms with E-state index in [1.54, 1.807) is 24.3 Å². The van der Waals surface area contributed by atoms with Crippen molar-refractivity contribution in [3.8, 4) is 22.9 Å². The van der Waals surface area contributed by atoms with Crippen LogP contribution in [0.15, 0.2) is 81.6 Å². The lowest BCUT2D eigenvalue weighted by Gasteiger charge is -2.40. The summed E-state index contributed by atoms with van der Waals surface area (Å²) < 4.78 is 25.7. The van der Waals surface area contributed by atoms with Gasteiger partial charge in [0.1, 0.15) is 12.1 Å². The third-order valence-corrected chi connectivity index (χ3v) is 24.3. The summed E-state index contributed by atoms with van der Waals surface area (Å²) in [6.45, 7) is 48.3. The van der Waals surface area contributed by atoms with Crippen LogP contribution in [0.2, 0.25) is 46.3 Å². The molecule has 21 heteroatoms. The zero-order valence-electron chi connectivity index (χ0n) is 48.4. The highest BCUT2D eigenvalue weighted by Crippen LogP contribution is 2.43. The molecule has 5 N–H and O–H groups in total. The van der Waals surface area contributed by atoms with Gasteiger partial charge in [-0.1, -0.05) is 90.7 Å². The third kappa shape index (κ3) is 18.0. The molecule has 1 amide bonds. The Balaban J connectivity index is 0.000000311. The van der Waals surface area contributed by atoms with Crippen LogP contribution >= 0.6 is 34.8 Å². The normalized spacial score (nSPS) is 13.2. The predicted molar refractivity (Wildman–Crippen MR) is 326 cm³/mol. The van der Waals surface area contributed by atoms with Gasteiger partial charge in [-0.3, -0.25) is 9.59 Å². The zero-order valence-corrected chi connectivity index (χ0v) is 52.7. The molecular weight excluding hydrogens is 1100 g/mol. The molecule has 0 aliphatic rings. The smallest absolute Gasteiger partial charge is 0.247 e. The van der Waals surface area contributed by atoms with Crippen LogP contribution in [0.5, 0.6) is 0 Å². The summed E-state index contributed by atoms with van der Waals surface area (Å²) in [4.78, 5) is 28.7. The number of nitrogen functional groups attached to an aromatic ring is 1. The van der Waals surface area contributed by atoms with Gasteiger partial charge >= 0.3 is 0 Å². The summed E-state index contributed by atoms with van der Waals surface area (Å²) in [5, 5.41) is 27.8. The first-order chi connectivity index (χ1) is 36.9. The topological polar surface area (TPSA) is 201 Å². The van der Waals surface area contributed by atoms with E-state index in [2.05, 4.69) is 114 Å². The van der Waals surface area contributed by atoms with Crippen LogP contribution in [0.25, 0.3) is 32.6 Å². The van der Waals surface area contributed by atoms with Gasteiger partial charge in [-0.25, -0.2) is 9.69 Å². The number of carbonyl (C=O) groups excluding carboxylic acids is 2. The molecule has 424 valence electrons. The maximum atomic E-state index is 11.9. The number of anilines is 4. The number of benzene rings is 4. The predicted octanol–water partition coefficient (Wildman–Crippen LogP) is 17.5. The highest BCUT2D eigenvalue weighted by atomic mass is 35.5. The average Bonchev–Trinajstić information content (AvgIpc) is 4.09. The SMILES string of the molecule is CCCC(=O)Cl.[C-]#[N+]c1ccc(N[C@@H](c2nnc(-c3ccc(N)cc3)o2)[C@@H](C)O[Si](C)(C)C(C)(C)C)c(C)c1Cl.[C-]#[N+]c1ccc(N[C@@H](c2nnc(-c3ccc(NC(=O)CCC)cc3)o2)[C@@H](C)O[Si](C)(C)C(C)(C)C)c(C)c1Cl. The average molecular weight is 1170 g/mol. The number of rotatable bonds is 19. The molecule has 0 aliphatic carbocycles. The minimum absolute atomic E-state index is 0.0105. The first-order valence-electron chi connectivity index (χ1n) is 26.2. The summed E-state index contributed by atoms with van der Waals surface area (Å²) >= 11 is 17.8. The van der Waals surface area contributed by atoms with E-state index in [0.717, 1.165) is 46.5 Å². The van der Waals surface area contributed by atoms with Crippen molar-refractivity contribution in [2.24, 2.45) is 0 Å². The summed E-state index contributed by atoms with van der Waals surface area (Å²) in [5.74, 6) is 1.53. The number of halogens is 3. The molecule has 0 saturated heterocycles. The van der Waals surface area contributed by atoms with Crippen LogP contribution < -0.4 is 21.7 Å². The summed E-state index contributed by atoms with van der Waals surface area (Å²) in [7, 11) is -4.23. The van der Waals surface area contributed by atoms with E-state index in [1.165, 1.54) is 0 Å². The third-order valence-electron chi connectivity index (χ3n) is 14.0. The van der Waals surface area contributed by atoms with Gasteiger partial charge in [0.05, 0.1) is 35.4 Å². The molecule has 0 fully saturated rings. The standard InChI is InChI=1S/C29H38ClN5O3Si.C25H32ClN5O2Si.C4H7ClO/c1-10-11-24(36)32-21-14-12-20(13-15-21)27-34-35-28(37-27)26(19(3)38-39(8,9)29(4,5)6)33-22-16-17-23(31-7)25(30)18(22)2;1-15-19(13-14-20(28-6)21(15)26)29-22(16(2)33-34(7,8)25(3,4)5)24-31-30-23(32-24)17-9-11-18(27)12-10-17;1-2-3-4(5)6/h12-17,19,26,33H,10-11H2,1-6,8-9H3,(H,32,36);9-14,16,22,29H,27H2,1-5,7-8H3;2-3H2,1H3/t19-,26-;16-,22-;/m11./s1. The number of carbonyl (C=O) groups is 2. The molecule has 6 rings (SSSR count). The van der Waals surface area contributed by atoms with E-state index < -0.39 is 28.7 Å². The van der Waals surface area contributed by atoms with Crippen LogP contribution in [0, 0.1) is 27.0 Å². The van der Waals surface area contributed by atoms with Gasteiger partial charge < -0.3 is 39.4 Å². The van der Waals surface area contributed by atoms with Crippen molar-refractivity contribution in [3.63, 3.8) is 0 Å². The van der Waals surface area contributed by atoms with E-state index in [1.807, 2.05) is 90.1 Å². The minimum Gasteiger partial charge on any atom is -0.418 e. The van der Waals surface area contributed by atoms with Crippen molar-refractivity contribution < 1.29 is 27.3 Å². The zero-order chi connectivity index (χ0) is 59.2. The van der Waals surface area contributed by atoms with Crippen molar-refractivity contribution >= 4 is 96.7 Å². The molecule has 2 aromatic heterocycles. The molecule has 4 atom stereocenters. The lowest BCUT2D eigenvalue weighted by molar-refractivity contribution is -0.116. The van der Waals surface area contributed by atoms with Gasteiger partial charge in [0.25, 0.3) is 0 Å². The summed E-state index contributed by atoms with van der Waals surface area (Å²) in [5.41, 5.74) is 12.6. The van der Waals surface area contributed by atoms with Crippen LogP contribution in [-0.4, -0.2) is 60.4 Å². The fourth-order valence-corrected chi connectivity index (χ4v) is 10.7. The van der Waals surface area contributed by atoms with Gasteiger partial charge in [0.2, 0.25) is 46.1 Å². The number of nitrogens with one attached hydrogen (secondary N) is 3. The quantitative estimate of drug-likeness (QED) is 0.0259. The molecule has 6 aromatic rings. The molecule has 0 bridgehead atoms. The lowest BCUT2D eigenvalue weighted by Crippen LogP contribution is -2.45. The Kier molecular flexibility index (Phi) is 23.5. The molecule has 0 unspecified atom stereocenters. The highest BCUT2D eigenvalue weighted by Gasteiger charge is 2.42. The van der Waals surface area contributed by atoms with Gasteiger partial charge in [-0.2, -0.15) is 0 Å². The number of aromatic nitrogens is 4. The molecule has 0 aliphatic heterocycles. The maximum Gasteiger partial charge on any atom is 0.247 e. The Hall–Kier alpha value is -6.10. The van der Waals surface area contributed by atoms with Crippen molar-refractivity contribution in [1.82, 2.24) is 20.4 Å². The summed E-state index contributed by atoms with van der Waals surface area (Å²) in [6.07, 6.45) is 2.03. The molecule has 4 aromatic carbocycles. The monoisotopic (exact) mass is 1170 g/mol. The van der Waals surface area contributed by atoms with Gasteiger partial charge in [-0.15, -0.1) is 20.4 Å². The second-order valence-electron chi connectivity index (χ2n) is 22.3. The highest BCUT2D eigenvalue weighted by molar-refractivity contribution is 6.74. The largest absolute Gasteiger partial charge is 0.418 e. The molecule has 16 nitrogen and oxygen atoms in total. The Labute approximate surface area is 484 Å². The number of hydrogen-bond donors (Lipinski definition) is 4. The molecule has 0 spiro atoms. The van der Waals surface area contributed by atoms with Crippen LogP contribution in [0.3, 0.4) is 0 Å². The Morgan fingerprint density at radius 1 is 0.646 bits per heavy atom. The fourth-order valence-electron chi connectivity index (χ4n) is 7.26. The van der Waals surface area contributed by atoms with E-state index in [9.17, 15) is 9.59 Å². The molecule has 0 radical (unpaired) electrons. The Bertz CT molecular complexity index is 3090. The van der Waals surface area contributed by atoms with E-state index in [0.29, 0.717) is 69.2 Å². The maximum absolute atomic E-state index is 11.9. The van der Waals surface area contributed by atoms with Gasteiger partial charge in [-0.05, 0) is 160 Å². The molecule has 2 heterocycles. The number of nitrogens with zero attached hydrogens (tertiary/aromatic N) is 6. The Morgan fingerprint density at radius 3 is 1.35 bits per heavy atom. The second-order valence-corrected chi connectivity index (χ2v) is 33.0. The van der Waals surface area contributed by atoms with Crippen LogP contribution in [0.4, 0.5) is 34.1 Å². The first-order valence-corrected chi connectivity index (χ1v) is 33.2. The summed E-state index contributed by atoms with van der Waals surface area (Å²) in [6, 6.07) is 20.8. The second kappa shape index (κ2) is 28.4. The van der Waals surface area contributed by atoms with Crippen molar-refractivity contribution in [2.75, 3.05) is 21.7 Å². The number of hydrogen-bond acceptors (Lipinski definition) is 13. The van der Waals surface area contributed by atoms with E-state index >= 15 is 0 Å². The van der Waals surface area contributed by atoms with Crippen molar-refractivity contribution in [3.05, 3.63) is 129 Å². The lowest BCUT2D eigenvalue weighted by atomic mass is 10.1. The first kappa shape index (κ1) is 65.4. The van der Waals surface area contributed by atoms with E-state index in [-0.39, 0.29) is 33.4 Å². The van der Waals surface area contributed by atoms with Crippen molar-refractivity contribution in [1.29, 1.82) is 0 Å². The Morgan fingerprint density at radius 2 is 1.03 bits per heavy atom. The van der Waals surface area contributed by atoms with Crippen LogP contribution in [0.1, 0.15) is 130 Å². The van der Waals surface area contributed by atoms with E-state index in [4.69, 9.17) is 71.4 Å². The molecular formula is C58H77Cl3N10O6Si2. The molecule has 0 saturated carbocycles.